The maximum Gasteiger partial charge on any atom is 0.174 e. The SMILES string of the molecule is N#C/C(=C/c1cc(Br)c(O)c(Br)c1)c1nnc2n1CCCCC2. The van der Waals surface area contributed by atoms with Crippen LogP contribution in [0.3, 0.4) is 0 Å². The van der Waals surface area contributed by atoms with Gasteiger partial charge in [0, 0.05) is 13.0 Å². The molecular weight excluding hydrogens is 424 g/mol. The molecule has 0 spiro atoms. The molecule has 0 amide bonds. The van der Waals surface area contributed by atoms with Gasteiger partial charge in [0.15, 0.2) is 5.82 Å². The predicted molar refractivity (Wildman–Crippen MR) is 94.6 cm³/mol. The van der Waals surface area contributed by atoms with Gasteiger partial charge in [-0.2, -0.15) is 5.26 Å². The first-order valence-electron chi connectivity index (χ1n) is 7.32. The molecule has 118 valence electrons. The van der Waals surface area contributed by atoms with Gasteiger partial charge in [-0.1, -0.05) is 6.42 Å². The molecule has 0 bridgehead atoms. The molecule has 1 aromatic carbocycles. The summed E-state index contributed by atoms with van der Waals surface area (Å²) in [5.41, 5.74) is 1.26. The van der Waals surface area contributed by atoms with Crippen LogP contribution < -0.4 is 0 Å². The van der Waals surface area contributed by atoms with E-state index < -0.39 is 0 Å². The molecule has 0 saturated carbocycles. The van der Waals surface area contributed by atoms with E-state index in [1.165, 1.54) is 6.42 Å². The molecule has 5 nitrogen and oxygen atoms in total. The highest BCUT2D eigenvalue weighted by Gasteiger charge is 2.18. The van der Waals surface area contributed by atoms with E-state index in [1.807, 2.05) is 4.57 Å². The number of nitrogens with zero attached hydrogens (tertiary/aromatic N) is 4. The third-order valence-corrected chi connectivity index (χ3v) is 5.03. The van der Waals surface area contributed by atoms with Gasteiger partial charge in [0.05, 0.1) is 14.5 Å². The number of phenolic OH excluding ortho intramolecular Hbond substituents is 1. The molecule has 3 rings (SSSR count). The van der Waals surface area contributed by atoms with Gasteiger partial charge in [-0.05, 0) is 68.5 Å². The Balaban J connectivity index is 2.04. The summed E-state index contributed by atoms with van der Waals surface area (Å²) in [6, 6.07) is 5.74. The fourth-order valence-electron chi connectivity index (χ4n) is 2.67. The van der Waals surface area contributed by atoms with E-state index in [2.05, 4.69) is 48.1 Å². The zero-order valence-corrected chi connectivity index (χ0v) is 15.4. The number of benzene rings is 1. The summed E-state index contributed by atoms with van der Waals surface area (Å²) in [6.45, 7) is 0.847. The number of aromatic hydroxyl groups is 1. The standard InChI is InChI=1S/C16H14Br2N4O/c17-12-7-10(8-13(18)15(12)23)6-11(9-19)16-21-20-14-4-2-1-3-5-22(14)16/h6-8,23H,1-5H2/b11-6-. The minimum atomic E-state index is 0.136. The van der Waals surface area contributed by atoms with Gasteiger partial charge in [0.1, 0.15) is 17.6 Å². The van der Waals surface area contributed by atoms with Gasteiger partial charge in [0.2, 0.25) is 0 Å². The second-order valence-electron chi connectivity index (χ2n) is 5.41. The quantitative estimate of drug-likeness (QED) is 0.710. The lowest BCUT2D eigenvalue weighted by Crippen LogP contribution is -2.05. The van der Waals surface area contributed by atoms with Crippen molar-refractivity contribution in [2.45, 2.75) is 32.2 Å². The summed E-state index contributed by atoms with van der Waals surface area (Å²) in [6.07, 6.45) is 6.03. The number of aryl methyl sites for hydroxylation is 1. The number of nitriles is 1. The lowest BCUT2D eigenvalue weighted by Gasteiger charge is -2.06. The van der Waals surface area contributed by atoms with Crippen molar-refractivity contribution >= 4 is 43.5 Å². The highest BCUT2D eigenvalue weighted by molar-refractivity contribution is 9.11. The van der Waals surface area contributed by atoms with Crippen LogP contribution in [0.25, 0.3) is 11.6 Å². The summed E-state index contributed by atoms with van der Waals surface area (Å²) in [5, 5.41) is 27.8. The van der Waals surface area contributed by atoms with Crippen molar-refractivity contribution in [3.63, 3.8) is 0 Å². The van der Waals surface area contributed by atoms with E-state index in [-0.39, 0.29) is 5.75 Å². The van der Waals surface area contributed by atoms with Crippen molar-refractivity contribution in [3.05, 3.63) is 38.3 Å². The number of rotatable bonds is 2. The van der Waals surface area contributed by atoms with Crippen LogP contribution in [0.4, 0.5) is 0 Å². The molecule has 0 saturated heterocycles. The van der Waals surface area contributed by atoms with Gasteiger partial charge in [-0.3, -0.25) is 0 Å². The van der Waals surface area contributed by atoms with Gasteiger partial charge >= 0.3 is 0 Å². The Morgan fingerprint density at radius 2 is 1.96 bits per heavy atom. The minimum absolute atomic E-state index is 0.136. The zero-order valence-electron chi connectivity index (χ0n) is 12.3. The number of halogens is 2. The third-order valence-electron chi connectivity index (χ3n) is 3.82. The average molecular weight is 438 g/mol. The number of fused-ring (bicyclic) bond motifs is 1. The highest BCUT2D eigenvalue weighted by Crippen LogP contribution is 2.34. The first-order chi connectivity index (χ1) is 11.1. The van der Waals surface area contributed by atoms with Crippen molar-refractivity contribution in [1.82, 2.24) is 14.8 Å². The summed E-state index contributed by atoms with van der Waals surface area (Å²) in [7, 11) is 0. The van der Waals surface area contributed by atoms with Crippen molar-refractivity contribution in [1.29, 1.82) is 5.26 Å². The molecule has 1 aliphatic rings. The van der Waals surface area contributed by atoms with Crippen LogP contribution in [0, 0.1) is 11.3 Å². The number of phenols is 1. The second kappa shape index (κ2) is 6.85. The van der Waals surface area contributed by atoms with Crippen molar-refractivity contribution < 1.29 is 5.11 Å². The fraction of sp³-hybridized carbons (Fsp3) is 0.312. The van der Waals surface area contributed by atoms with E-state index in [0.717, 1.165) is 37.2 Å². The Kier molecular flexibility index (Phi) is 4.83. The maximum atomic E-state index is 9.79. The molecule has 1 aromatic heterocycles. The molecule has 0 fully saturated rings. The monoisotopic (exact) mass is 436 g/mol. The number of hydrogen-bond donors (Lipinski definition) is 1. The minimum Gasteiger partial charge on any atom is -0.506 e. The molecule has 7 heteroatoms. The first-order valence-corrected chi connectivity index (χ1v) is 8.91. The molecular formula is C16H14Br2N4O. The Bertz CT molecular complexity index is 797. The maximum absolute atomic E-state index is 9.79. The molecule has 1 aliphatic heterocycles. The van der Waals surface area contributed by atoms with Crippen LogP contribution in [-0.2, 0) is 13.0 Å². The van der Waals surface area contributed by atoms with Gasteiger partial charge < -0.3 is 9.67 Å². The highest BCUT2D eigenvalue weighted by atomic mass is 79.9. The van der Waals surface area contributed by atoms with Crippen molar-refractivity contribution in [2.75, 3.05) is 0 Å². The molecule has 0 atom stereocenters. The molecule has 2 aromatic rings. The first kappa shape index (κ1) is 16.2. The third kappa shape index (κ3) is 3.33. The topological polar surface area (TPSA) is 74.7 Å². The van der Waals surface area contributed by atoms with Crippen LogP contribution in [0.2, 0.25) is 0 Å². The summed E-state index contributed by atoms with van der Waals surface area (Å²) < 4.78 is 3.18. The lowest BCUT2D eigenvalue weighted by molar-refractivity contribution is 0.468. The number of aromatic nitrogens is 3. The van der Waals surface area contributed by atoms with E-state index in [4.69, 9.17) is 0 Å². The largest absolute Gasteiger partial charge is 0.506 e. The van der Waals surface area contributed by atoms with Crippen molar-refractivity contribution in [3.8, 4) is 11.8 Å². The van der Waals surface area contributed by atoms with E-state index in [0.29, 0.717) is 20.3 Å². The summed E-state index contributed by atoms with van der Waals surface area (Å²) in [4.78, 5) is 0. The van der Waals surface area contributed by atoms with Crippen LogP contribution >= 0.6 is 31.9 Å². The molecule has 2 heterocycles. The smallest absolute Gasteiger partial charge is 0.174 e. The van der Waals surface area contributed by atoms with Crippen LogP contribution in [0.15, 0.2) is 21.1 Å². The zero-order chi connectivity index (χ0) is 16.4. The Labute approximate surface area is 150 Å². The predicted octanol–water partition coefficient (Wildman–Crippen LogP) is 4.30. The fourth-order valence-corrected chi connectivity index (χ4v) is 3.89. The van der Waals surface area contributed by atoms with E-state index in [1.54, 1.807) is 18.2 Å². The Morgan fingerprint density at radius 3 is 2.65 bits per heavy atom. The Morgan fingerprint density at radius 1 is 1.22 bits per heavy atom. The van der Waals surface area contributed by atoms with Crippen molar-refractivity contribution in [2.24, 2.45) is 0 Å². The average Bonchev–Trinajstić information content (AvgIpc) is 2.78. The summed E-state index contributed by atoms with van der Waals surface area (Å²) in [5.74, 6) is 1.70. The van der Waals surface area contributed by atoms with Crippen LogP contribution in [-0.4, -0.2) is 19.9 Å². The van der Waals surface area contributed by atoms with Crippen LogP contribution in [0.5, 0.6) is 5.75 Å². The molecule has 0 unspecified atom stereocenters. The van der Waals surface area contributed by atoms with E-state index >= 15 is 0 Å². The Hall–Kier alpha value is -1.65. The number of hydrogen-bond acceptors (Lipinski definition) is 4. The normalized spacial score (nSPS) is 14.9. The van der Waals surface area contributed by atoms with Gasteiger partial charge in [-0.25, -0.2) is 0 Å². The lowest BCUT2D eigenvalue weighted by atomic mass is 10.1. The molecule has 1 N–H and O–H groups in total. The number of allylic oxidation sites excluding steroid dienone is 1. The van der Waals surface area contributed by atoms with Gasteiger partial charge in [0.25, 0.3) is 0 Å². The molecule has 23 heavy (non-hydrogen) atoms. The summed E-state index contributed by atoms with van der Waals surface area (Å²) >= 11 is 6.61. The second-order valence-corrected chi connectivity index (χ2v) is 7.11. The van der Waals surface area contributed by atoms with Gasteiger partial charge in [-0.15, -0.1) is 10.2 Å². The van der Waals surface area contributed by atoms with E-state index in [9.17, 15) is 10.4 Å². The molecule has 0 aliphatic carbocycles. The molecule has 0 radical (unpaired) electrons. The van der Waals surface area contributed by atoms with Crippen LogP contribution in [0.1, 0.15) is 36.5 Å².